The van der Waals surface area contributed by atoms with Crippen LogP contribution in [0.2, 0.25) is 0 Å². The molecule has 1 atom stereocenters. The molecule has 0 amide bonds. The van der Waals surface area contributed by atoms with E-state index >= 15 is 0 Å². The lowest BCUT2D eigenvalue weighted by Crippen LogP contribution is -2.39. The van der Waals surface area contributed by atoms with Gasteiger partial charge in [0.05, 0.1) is 39.3 Å². The van der Waals surface area contributed by atoms with Crippen LogP contribution >= 0.6 is 0 Å². The van der Waals surface area contributed by atoms with Gasteiger partial charge in [0.25, 0.3) is 0 Å². The second kappa shape index (κ2) is 15.3. The van der Waals surface area contributed by atoms with Crippen molar-refractivity contribution in [2.45, 2.75) is 65.1 Å². The summed E-state index contributed by atoms with van der Waals surface area (Å²) in [6.45, 7) is 6.72. The zero-order chi connectivity index (χ0) is 22.2. The summed E-state index contributed by atoms with van der Waals surface area (Å²) in [5, 5.41) is 27.3. The maximum Gasteiger partial charge on any atom is 0.243 e. The fourth-order valence-corrected chi connectivity index (χ4v) is 2.19. The lowest BCUT2D eigenvalue weighted by atomic mass is 10.3. The summed E-state index contributed by atoms with van der Waals surface area (Å²) >= 11 is 0. The molecule has 164 valence electrons. The van der Waals surface area contributed by atoms with Gasteiger partial charge in [0.15, 0.2) is 0 Å². The molecule has 1 N–H and O–H groups in total. The van der Waals surface area contributed by atoms with E-state index in [9.17, 15) is 19.8 Å². The highest BCUT2D eigenvalue weighted by atomic mass is 16.4. The Morgan fingerprint density at radius 2 is 1.34 bits per heavy atom. The maximum absolute atomic E-state index is 9.58. The third-order valence-corrected chi connectivity index (χ3v) is 3.82. The quantitative estimate of drug-likeness (QED) is 0.503. The minimum atomic E-state index is -1.96. The average Bonchev–Trinajstić information content (AvgIpc) is 3.26. The second-order valence-electron chi connectivity index (χ2n) is 6.75. The van der Waals surface area contributed by atoms with Gasteiger partial charge in [0.2, 0.25) is 12.7 Å². The van der Waals surface area contributed by atoms with Gasteiger partial charge >= 0.3 is 0 Å². The van der Waals surface area contributed by atoms with Gasteiger partial charge < -0.3 is 24.9 Å². The lowest BCUT2D eigenvalue weighted by molar-refractivity contribution is -0.696. The first-order valence-corrected chi connectivity index (χ1v) is 9.80. The summed E-state index contributed by atoms with van der Waals surface area (Å²) in [6, 6.07) is 0. The van der Waals surface area contributed by atoms with Gasteiger partial charge in [-0.2, -0.15) is 0 Å². The van der Waals surface area contributed by atoms with E-state index in [-0.39, 0.29) is 0 Å². The van der Waals surface area contributed by atoms with Crippen molar-refractivity contribution < 1.29 is 34.0 Å². The molecule has 2 heterocycles. The third-order valence-electron chi connectivity index (χ3n) is 3.82. The standard InChI is InChI=1S/2C8H15N2.C4H6O5/c2*1-3-4-5-10-7-6-9(2)8-10;5-2(4(8)9)1-3(6)7/h2*6-8H,3-5H2,1-2H3;2,5H,1H2,(H,6,7)(H,8,9)/q2*+1;/p-2. The van der Waals surface area contributed by atoms with Gasteiger partial charge in [-0.3, -0.25) is 0 Å². The Balaban J connectivity index is 0.000000407. The molecule has 0 bridgehead atoms. The minimum Gasteiger partial charge on any atom is -0.550 e. The summed E-state index contributed by atoms with van der Waals surface area (Å²) in [6.07, 6.45) is 14.7. The molecule has 0 spiro atoms. The van der Waals surface area contributed by atoms with Gasteiger partial charge in [-0.1, -0.05) is 26.7 Å². The highest BCUT2D eigenvalue weighted by molar-refractivity contribution is 5.76. The van der Waals surface area contributed by atoms with Crippen molar-refractivity contribution in [3.8, 4) is 0 Å². The van der Waals surface area contributed by atoms with Crippen molar-refractivity contribution in [2.24, 2.45) is 14.1 Å². The Morgan fingerprint density at radius 3 is 1.55 bits per heavy atom. The fourth-order valence-electron chi connectivity index (χ4n) is 2.19. The van der Waals surface area contributed by atoms with Crippen molar-refractivity contribution in [3.63, 3.8) is 0 Å². The maximum atomic E-state index is 9.58. The SMILES string of the molecule is CCCC[n+]1ccn(C)c1.CCCC[n+]1ccn(C)c1.O=C([O-])CC(O)C(=O)[O-]. The Hall–Kier alpha value is -2.68. The molecule has 9 nitrogen and oxygen atoms in total. The number of hydrogen-bond donors (Lipinski definition) is 1. The van der Waals surface area contributed by atoms with Crippen LogP contribution in [-0.2, 0) is 36.8 Å². The van der Waals surface area contributed by atoms with Gasteiger partial charge in [-0.15, -0.1) is 0 Å². The molecule has 0 radical (unpaired) electrons. The molecule has 0 saturated carbocycles. The van der Waals surface area contributed by atoms with Crippen molar-refractivity contribution >= 4 is 11.9 Å². The molecule has 1 unspecified atom stereocenters. The van der Waals surface area contributed by atoms with E-state index in [1.807, 2.05) is 14.1 Å². The minimum absolute atomic E-state index is 0.928. The molecule has 0 fully saturated rings. The Bertz CT molecular complexity index is 667. The number of carboxylic acids is 2. The van der Waals surface area contributed by atoms with Crippen molar-refractivity contribution in [1.82, 2.24) is 9.13 Å². The van der Waals surface area contributed by atoms with Crippen LogP contribution in [0, 0.1) is 0 Å². The van der Waals surface area contributed by atoms with Crippen LogP contribution in [0.3, 0.4) is 0 Å². The number of carboxylic acid groups (broad SMARTS) is 2. The molecule has 0 aliphatic carbocycles. The molecular weight excluding hydrogens is 376 g/mol. The summed E-state index contributed by atoms with van der Waals surface area (Å²) < 4.78 is 8.55. The van der Waals surface area contributed by atoms with Crippen LogP contribution in [0.25, 0.3) is 0 Å². The van der Waals surface area contributed by atoms with Crippen LogP contribution in [0.5, 0.6) is 0 Å². The van der Waals surface area contributed by atoms with Crippen LogP contribution in [0.4, 0.5) is 0 Å². The first-order chi connectivity index (χ1) is 13.7. The molecule has 2 aromatic rings. The Labute approximate surface area is 172 Å². The Morgan fingerprint density at radius 1 is 0.931 bits per heavy atom. The number of hydrogen-bond acceptors (Lipinski definition) is 5. The highest BCUT2D eigenvalue weighted by Crippen LogP contribution is 1.87. The number of imidazole rings is 2. The largest absolute Gasteiger partial charge is 0.550 e. The van der Waals surface area contributed by atoms with Gasteiger partial charge in [-0.25, -0.2) is 18.3 Å². The van der Waals surface area contributed by atoms with E-state index in [2.05, 4.69) is 69.6 Å². The van der Waals surface area contributed by atoms with E-state index < -0.39 is 24.5 Å². The number of aryl methyl sites for hydroxylation is 4. The van der Waals surface area contributed by atoms with Gasteiger partial charge in [-0.05, 0) is 12.8 Å². The lowest BCUT2D eigenvalue weighted by Gasteiger charge is -2.10. The smallest absolute Gasteiger partial charge is 0.243 e. The third kappa shape index (κ3) is 14.0. The van der Waals surface area contributed by atoms with Crippen molar-refractivity contribution in [3.05, 3.63) is 37.4 Å². The molecule has 2 aromatic heterocycles. The van der Waals surface area contributed by atoms with Crippen LogP contribution in [0.15, 0.2) is 37.4 Å². The normalized spacial score (nSPS) is 10.9. The van der Waals surface area contributed by atoms with E-state index in [1.165, 1.54) is 25.7 Å². The number of rotatable bonds is 9. The van der Waals surface area contributed by atoms with E-state index in [4.69, 9.17) is 5.11 Å². The summed E-state index contributed by atoms with van der Waals surface area (Å²) in [5.41, 5.74) is 0. The van der Waals surface area contributed by atoms with E-state index in [0.717, 1.165) is 13.1 Å². The first-order valence-electron chi connectivity index (χ1n) is 9.80. The fraction of sp³-hybridized carbons (Fsp3) is 0.600. The number of aliphatic hydroxyl groups excluding tert-OH is 1. The molecule has 2 rings (SSSR count). The number of unbranched alkanes of at least 4 members (excludes halogenated alkanes) is 2. The number of carbonyl (C=O) groups is 2. The summed E-state index contributed by atoms with van der Waals surface area (Å²) in [5.74, 6) is -3.43. The number of aliphatic hydroxyl groups is 1. The average molecular weight is 411 g/mol. The van der Waals surface area contributed by atoms with Crippen molar-refractivity contribution in [1.29, 1.82) is 0 Å². The molecular formula is C20H34N4O5. The van der Waals surface area contributed by atoms with Crippen LogP contribution in [-0.4, -0.2) is 32.3 Å². The number of carbonyl (C=O) groups excluding carboxylic acids is 2. The predicted molar refractivity (Wildman–Crippen MR) is 102 cm³/mol. The monoisotopic (exact) mass is 410 g/mol. The molecule has 0 saturated heterocycles. The zero-order valence-corrected chi connectivity index (χ0v) is 17.9. The van der Waals surface area contributed by atoms with E-state index in [1.54, 1.807) is 0 Å². The topological polar surface area (TPSA) is 118 Å². The molecule has 0 aliphatic rings. The molecule has 9 heteroatoms. The van der Waals surface area contributed by atoms with Gasteiger partial charge in [0.1, 0.15) is 24.8 Å². The van der Waals surface area contributed by atoms with E-state index in [0.29, 0.717) is 0 Å². The molecule has 0 aliphatic heterocycles. The predicted octanol–water partition coefficient (Wildman–Crippen LogP) is -1.54. The second-order valence-corrected chi connectivity index (χ2v) is 6.75. The molecule has 29 heavy (non-hydrogen) atoms. The van der Waals surface area contributed by atoms with Crippen molar-refractivity contribution in [2.75, 3.05) is 0 Å². The van der Waals surface area contributed by atoms with Gasteiger partial charge in [0, 0.05) is 12.4 Å². The summed E-state index contributed by atoms with van der Waals surface area (Å²) in [4.78, 5) is 19.1. The zero-order valence-electron chi connectivity index (χ0n) is 17.9. The number of aliphatic carboxylic acids is 2. The number of aromatic nitrogens is 4. The summed E-state index contributed by atoms with van der Waals surface area (Å²) in [7, 11) is 4.09. The first kappa shape index (κ1) is 26.3. The molecule has 0 aromatic carbocycles. The Kier molecular flexibility index (Phi) is 13.9. The van der Waals surface area contributed by atoms with Crippen LogP contribution < -0.4 is 19.3 Å². The number of nitrogens with zero attached hydrogens (tertiary/aromatic N) is 4. The van der Waals surface area contributed by atoms with Crippen LogP contribution in [0.1, 0.15) is 46.0 Å². The highest BCUT2D eigenvalue weighted by Gasteiger charge is 2.03.